The summed E-state index contributed by atoms with van der Waals surface area (Å²) in [5.74, 6) is 0.864. The summed E-state index contributed by atoms with van der Waals surface area (Å²) in [6, 6.07) is 0. The second-order valence-electron chi connectivity index (χ2n) is 3.83. The molecule has 0 aliphatic carbocycles. The molecule has 82 valence electrons. The predicted molar refractivity (Wildman–Crippen MR) is 65.5 cm³/mol. The van der Waals surface area contributed by atoms with E-state index in [4.69, 9.17) is 0 Å². The molecule has 1 N–H and O–H groups in total. The zero-order valence-electron chi connectivity index (χ0n) is 10.1. The second kappa shape index (κ2) is 9.01. The van der Waals surface area contributed by atoms with Gasteiger partial charge in [-0.1, -0.05) is 50.5 Å². The van der Waals surface area contributed by atoms with Gasteiger partial charge in [0.05, 0.1) is 0 Å². The summed E-state index contributed by atoms with van der Waals surface area (Å²) < 4.78 is 0. The fourth-order valence-electron chi connectivity index (χ4n) is 1.41. The highest BCUT2D eigenvalue weighted by molar-refractivity contribution is 5.16. The van der Waals surface area contributed by atoms with Crippen LogP contribution in [0.2, 0.25) is 0 Å². The fraction of sp³-hybridized carbons (Fsp3) is 0.692. The van der Waals surface area contributed by atoms with Crippen LogP contribution in [-0.2, 0) is 0 Å². The van der Waals surface area contributed by atoms with Gasteiger partial charge < -0.3 is 5.32 Å². The van der Waals surface area contributed by atoms with Gasteiger partial charge in [0.1, 0.15) is 0 Å². The van der Waals surface area contributed by atoms with Crippen molar-refractivity contribution in [2.24, 2.45) is 5.92 Å². The third-order valence-electron chi connectivity index (χ3n) is 2.63. The molecule has 0 unspecified atom stereocenters. The maximum Gasteiger partial charge on any atom is 0.0135 e. The molecule has 0 saturated heterocycles. The average molecular weight is 195 g/mol. The van der Waals surface area contributed by atoms with Gasteiger partial charge in [-0.25, -0.2) is 0 Å². The standard InChI is InChI=1S/C13H25N/c1-5-13(6-2)10-9-12(3)8-7-11-14-4/h7-9,13-14H,5-6,10-11H2,1-4H3/b8-7-,12-9-. The van der Waals surface area contributed by atoms with E-state index in [1.54, 1.807) is 0 Å². The number of hydrogen-bond donors (Lipinski definition) is 1. The second-order valence-corrected chi connectivity index (χ2v) is 3.83. The van der Waals surface area contributed by atoms with E-state index in [1.807, 2.05) is 7.05 Å². The van der Waals surface area contributed by atoms with E-state index in [0.717, 1.165) is 12.5 Å². The van der Waals surface area contributed by atoms with Crippen LogP contribution in [0.1, 0.15) is 40.0 Å². The molecule has 0 bridgehead atoms. The first-order chi connectivity index (χ1) is 6.74. The van der Waals surface area contributed by atoms with Crippen molar-refractivity contribution in [2.75, 3.05) is 13.6 Å². The number of hydrogen-bond acceptors (Lipinski definition) is 1. The molecule has 0 spiro atoms. The predicted octanol–water partition coefficient (Wildman–Crippen LogP) is 3.53. The molecule has 0 aromatic heterocycles. The minimum atomic E-state index is 0.864. The molecule has 0 fully saturated rings. The van der Waals surface area contributed by atoms with Crippen LogP contribution in [0.15, 0.2) is 23.8 Å². The molecule has 0 atom stereocenters. The Morgan fingerprint density at radius 1 is 1.29 bits per heavy atom. The third kappa shape index (κ3) is 6.90. The quantitative estimate of drug-likeness (QED) is 0.613. The molecule has 0 aromatic rings. The van der Waals surface area contributed by atoms with Crippen LogP contribution >= 0.6 is 0 Å². The molecule has 0 aliphatic heterocycles. The molecule has 14 heavy (non-hydrogen) atoms. The molecule has 1 nitrogen and oxygen atoms in total. The first kappa shape index (κ1) is 13.4. The molecule has 1 heteroatoms. The van der Waals surface area contributed by atoms with E-state index in [9.17, 15) is 0 Å². The summed E-state index contributed by atoms with van der Waals surface area (Å²) in [6.45, 7) is 7.67. The lowest BCUT2D eigenvalue weighted by atomic mass is 9.98. The lowest BCUT2D eigenvalue weighted by Gasteiger charge is -2.08. The Bertz CT molecular complexity index is 176. The molecule has 0 radical (unpaired) electrons. The van der Waals surface area contributed by atoms with Crippen LogP contribution in [0.4, 0.5) is 0 Å². The van der Waals surface area contributed by atoms with Crippen molar-refractivity contribution >= 4 is 0 Å². The summed E-state index contributed by atoms with van der Waals surface area (Å²) in [6.07, 6.45) is 10.5. The van der Waals surface area contributed by atoms with Crippen molar-refractivity contribution < 1.29 is 0 Å². The van der Waals surface area contributed by atoms with E-state index in [1.165, 1.54) is 24.8 Å². The molecule has 0 aromatic carbocycles. The van der Waals surface area contributed by atoms with E-state index in [-0.39, 0.29) is 0 Å². The van der Waals surface area contributed by atoms with E-state index < -0.39 is 0 Å². The number of rotatable bonds is 7. The van der Waals surface area contributed by atoms with Gasteiger partial charge >= 0.3 is 0 Å². The van der Waals surface area contributed by atoms with Gasteiger partial charge in [0.25, 0.3) is 0 Å². The first-order valence-electron chi connectivity index (χ1n) is 5.72. The molecule has 0 amide bonds. The van der Waals surface area contributed by atoms with Gasteiger partial charge in [-0.2, -0.15) is 0 Å². The minimum Gasteiger partial charge on any atom is -0.316 e. The van der Waals surface area contributed by atoms with E-state index in [0.29, 0.717) is 0 Å². The van der Waals surface area contributed by atoms with Crippen molar-refractivity contribution in [3.8, 4) is 0 Å². The van der Waals surface area contributed by atoms with Gasteiger partial charge in [0.15, 0.2) is 0 Å². The average Bonchev–Trinajstić information content (AvgIpc) is 2.20. The zero-order chi connectivity index (χ0) is 10.8. The van der Waals surface area contributed by atoms with Crippen molar-refractivity contribution in [1.29, 1.82) is 0 Å². The molecular weight excluding hydrogens is 170 g/mol. The normalized spacial score (nSPS) is 13.1. The van der Waals surface area contributed by atoms with Crippen molar-refractivity contribution in [2.45, 2.75) is 40.0 Å². The van der Waals surface area contributed by atoms with Crippen LogP contribution in [0.3, 0.4) is 0 Å². The van der Waals surface area contributed by atoms with Gasteiger partial charge in [-0.15, -0.1) is 0 Å². The highest BCUT2D eigenvalue weighted by atomic mass is 14.8. The van der Waals surface area contributed by atoms with Gasteiger partial charge in [-0.05, 0) is 26.3 Å². The van der Waals surface area contributed by atoms with E-state index in [2.05, 4.69) is 44.3 Å². The lowest BCUT2D eigenvalue weighted by Crippen LogP contribution is -2.03. The Labute approximate surface area is 89.3 Å². The first-order valence-corrected chi connectivity index (χ1v) is 5.72. The zero-order valence-corrected chi connectivity index (χ0v) is 10.1. The Balaban J connectivity index is 3.85. The van der Waals surface area contributed by atoms with Crippen molar-refractivity contribution in [3.63, 3.8) is 0 Å². The summed E-state index contributed by atoms with van der Waals surface area (Å²) in [4.78, 5) is 0. The van der Waals surface area contributed by atoms with Crippen LogP contribution < -0.4 is 5.32 Å². The summed E-state index contributed by atoms with van der Waals surface area (Å²) >= 11 is 0. The Morgan fingerprint density at radius 3 is 2.43 bits per heavy atom. The van der Waals surface area contributed by atoms with Crippen LogP contribution in [-0.4, -0.2) is 13.6 Å². The highest BCUT2D eigenvalue weighted by Crippen LogP contribution is 2.14. The fourth-order valence-corrected chi connectivity index (χ4v) is 1.41. The summed E-state index contributed by atoms with van der Waals surface area (Å²) in [5, 5.41) is 3.10. The van der Waals surface area contributed by atoms with Gasteiger partial charge in [-0.3, -0.25) is 0 Å². The summed E-state index contributed by atoms with van der Waals surface area (Å²) in [7, 11) is 1.97. The number of allylic oxidation sites excluding steroid dienone is 3. The van der Waals surface area contributed by atoms with Crippen molar-refractivity contribution in [3.05, 3.63) is 23.8 Å². The van der Waals surface area contributed by atoms with Crippen LogP contribution in [0, 0.1) is 5.92 Å². The monoisotopic (exact) mass is 195 g/mol. The molecule has 0 aliphatic rings. The minimum absolute atomic E-state index is 0.864. The Hall–Kier alpha value is -0.560. The van der Waals surface area contributed by atoms with Crippen LogP contribution in [0.25, 0.3) is 0 Å². The van der Waals surface area contributed by atoms with Crippen LogP contribution in [0.5, 0.6) is 0 Å². The number of nitrogens with one attached hydrogen (secondary N) is 1. The maximum absolute atomic E-state index is 3.10. The van der Waals surface area contributed by atoms with E-state index >= 15 is 0 Å². The summed E-state index contributed by atoms with van der Waals surface area (Å²) in [5.41, 5.74) is 1.38. The lowest BCUT2D eigenvalue weighted by molar-refractivity contribution is 0.499. The molecule has 0 saturated carbocycles. The molecule has 0 rings (SSSR count). The Kier molecular flexibility index (Phi) is 8.65. The smallest absolute Gasteiger partial charge is 0.0135 e. The molecular formula is C13H25N. The van der Waals surface area contributed by atoms with Gasteiger partial charge in [0.2, 0.25) is 0 Å². The molecule has 0 heterocycles. The third-order valence-corrected chi connectivity index (χ3v) is 2.63. The topological polar surface area (TPSA) is 12.0 Å². The highest BCUT2D eigenvalue weighted by Gasteiger charge is 1.99. The number of likely N-dealkylation sites (N-methyl/N-ethyl adjacent to an activating group) is 1. The largest absolute Gasteiger partial charge is 0.316 e. The van der Waals surface area contributed by atoms with Gasteiger partial charge in [0, 0.05) is 6.54 Å². The Morgan fingerprint density at radius 2 is 1.93 bits per heavy atom. The SMILES string of the molecule is CCC(CC)C/C=C(C)\C=C/CNC. The van der Waals surface area contributed by atoms with Crippen molar-refractivity contribution in [1.82, 2.24) is 5.32 Å². The maximum atomic E-state index is 3.10.